The molecule has 1 aromatic heterocycles. The van der Waals surface area contributed by atoms with Crippen LogP contribution in [-0.2, 0) is 0 Å². The van der Waals surface area contributed by atoms with E-state index in [1.165, 1.54) is 0 Å². The Balaban J connectivity index is 1.96. The maximum Gasteiger partial charge on any atom is 0.271 e. The number of halogens is 1. The minimum Gasteiger partial charge on any atom is -0.373 e. The van der Waals surface area contributed by atoms with Crippen LogP contribution in [0.5, 0.6) is 0 Å². The Bertz CT molecular complexity index is 466. The number of amides is 1. The molecule has 0 saturated carbocycles. The van der Waals surface area contributed by atoms with Gasteiger partial charge in [-0.3, -0.25) is 4.79 Å². The van der Waals surface area contributed by atoms with Crippen LogP contribution in [0.4, 0.5) is 5.82 Å². The molecule has 1 fully saturated rings. The van der Waals surface area contributed by atoms with Crippen molar-refractivity contribution in [1.82, 2.24) is 15.2 Å². The lowest BCUT2D eigenvalue weighted by molar-refractivity contribution is 0.0943. The van der Waals surface area contributed by atoms with Crippen LogP contribution in [0.25, 0.3) is 0 Å². The van der Waals surface area contributed by atoms with Crippen LogP contribution in [0.2, 0.25) is 5.02 Å². The number of pyridine rings is 1. The molecule has 1 unspecified atom stereocenters. The van der Waals surface area contributed by atoms with E-state index in [2.05, 4.69) is 27.6 Å². The maximum absolute atomic E-state index is 12.1. The first kappa shape index (κ1) is 14.1. The lowest BCUT2D eigenvalue weighted by atomic mass is 10.1. The SMILES string of the molecule is CNc1ccc(Cl)c(C(=O)NCC2CCN(C)C2)n1. The van der Waals surface area contributed by atoms with Crippen LogP contribution in [0, 0.1) is 5.92 Å². The quantitative estimate of drug-likeness (QED) is 0.878. The minimum absolute atomic E-state index is 0.211. The molecular formula is C13H19ClN4O. The van der Waals surface area contributed by atoms with Crippen LogP contribution in [-0.4, -0.2) is 49.5 Å². The average Bonchev–Trinajstić information content (AvgIpc) is 2.82. The number of anilines is 1. The molecule has 0 aliphatic carbocycles. The van der Waals surface area contributed by atoms with Gasteiger partial charge in [0.25, 0.3) is 5.91 Å². The number of likely N-dealkylation sites (tertiary alicyclic amines) is 1. The van der Waals surface area contributed by atoms with Gasteiger partial charge in [0.1, 0.15) is 11.5 Å². The Hall–Kier alpha value is -1.33. The monoisotopic (exact) mass is 282 g/mol. The molecule has 1 aliphatic rings. The molecule has 19 heavy (non-hydrogen) atoms. The Morgan fingerprint density at radius 2 is 2.37 bits per heavy atom. The molecule has 1 aromatic rings. The summed E-state index contributed by atoms with van der Waals surface area (Å²) < 4.78 is 0. The van der Waals surface area contributed by atoms with Gasteiger partial charge in [-0.2, -0.15) is 0 Å². The molecule has 0 spiro atoms. The predicted molar refractivity (Wildman–Crippen MR) is 76.7 cm³/mol. The predicted octanol–water partition coefficient (Wildman–Crippen LogP) is 1.46. The Kier molecular flexibility index (Phi) is 4.61. The largest absolute Gasteiger partial charge is 0.373 e. The van der Waals surface area contributed by atoms with E-state index in [0.29, 0.717) is 23.3 Å². The summed E-state index contributed by atoms with van der Waals surface area (Å²) in [5.74, 6) is 0.937. The fourth-order valence-corrected chi connectivity index (χ4v) is 2.45. The minimum atomic E-state index is -0.211. The smallest absolute Gasteiger partial charge is 0.271 e. The lowest BCUT2D eigenvalue weighted by Gasteiger charge is -2.12. The van der Waals surface area contributed by atoms with Crippen molar-refractivity contribution in [3.8, 4) is 0 Å². The number of aromatic nitrogens is 1. The van der Waals surface area contributed by atoms with E-state index >= 15 is 0 Å². The zero-order chi connectivity index (χ0) is 13.8. The van der Waals surface area contributed by atoms with E-state index in [1.807, 2.05) is 0 Å². The molecule has 6 heteroatoms. The molecule has 2 heterocycles. The Morgan fingerprint density at radius 1 is 1.58 bits per heavy atom. The highest BCUT2D eigenvalue weighted by Gasteiger charge is 2.21. The first-order chi connectivity index (χ1) is 9.10. The number of hydrogen-bond donors (Lipinski definition) is 2. The second-order valence-electron chi connectivity index (χ2n) is 4.90. The standard InChI is InChI=1S/C13H19ClN4O/c1-15-11-4-3-10(14)12(17-11)13(19)16-7-9-5-6-18(2)8-9/h3-4,9H,5-8H2,1-2H3,(H,15,17)(H,16,19). The summed E-state index contributed by atoms with van der Waals surface area (Å²) in [5.41, 5.74) is 0.278. The molecule has 1 amide bonds. The van der Waals surface area contributed by atoms with Crippen molar-refractivity contribution in [3.05, 3.63) is 22.8 Å². The summed E-state index contributed by atoms with van der Waals surface area (Å²) in [6.45, 7) is 2.79. The van der Waals surface area contributed by atoms with Crippen molar-refractivity contribution in [2.24, 2.45) is 5.92 Å². The second kappa shape index (κ2) is 6.21. The molecular weight excluding hydrogens is 264 g/mol. The second-order valence-corrected chi connectivity index (χ2v) is 5.31. The van der Waals surface area contributed by atoms with Gasteiger partial charge in [0, 0.05) is 20.1 Å². The van der Waals surface area contributed by atoms with E-state index in [-0.39, 0.29) is 11.6 Å². The molecule has 0 radical (unpaired) electrons. The summed E-state index contributed by atoms with van der Waals surface area (Å²) in [5, 5.41) is 6.18. The van der Waals surface area contributed by atoms with E-state index in [4.69, 9.17) is 11.6 Å². The number of hydrogen-bond acceptors (Lipinski definition) is 4. The van der Waals surface area contributed by atoms with Gasteiger partial charge < -0.3 is 15.5 Å². The number of carbonyl (C=O) groups excluding carboxylic acids is 1. The number of nitrogens with one attached hydrogen (secondary N) is 2. The maximum atomic E-state index is 12.1. The van der Waals surface area contributed by atoms with Crippen molar-refractivity contribution in [2.45, 2.75) is 6.42 Å². The highest BCUT2D eigenvalue weighted by Crippen LogP contribution is 2.17. The fraction of sp³-hybridized carbons (Fsp3) is 0.538. The summed E-state index contributed by atoms with van der Waals surface area (Å²) >= 11 is 6.01. The van der Waals surface area contributed by atoms with Gasteiger partial charge in [-0.15, -0.1) is 0 Å². The van der Waals surface area contributed by atoms with Crippen molar-refractivity contribution < 1.29 is 4.79 Å². The number of rotatable bonds is 4. The van der Waals surface area contributed by atoms with E-state index in [1.54, 1.807) is 19.2 Å². The lowest BCUT2D eigenvalue weighted by Crippen LogP contribution is -2.31. The van der Waals surface area contributed by atoms with Crippen LogP contribution in [0.1, 0.15) is 16.9 Å². The van der Waals surface area contributed by atoms with Gasteiger partial charge in [0.15, 0.2) is 0 Å². The zero-order valence-corrected chi connectivity index (χ0v) is 12.0. The fourth-order valence-electron chi connectivity index (χ4n) is 2.25. The molecule has 104 valence electrons. The van der Waals surface area contributed by atoms with Crippen LogP contribution < -0.4 is 10.6 Å². The summed E-state index contributed by atoms with van der Waals surface area (Å²) in [6, 6.07) is 3.42. The highest BCUT2D eigenvalue weighted by atomic mass is 35.5. The van der Waals surface area contributed by atoms with Gasteiger partial charge in [-0.25, -0.2) is 4.98 Å². The molecule has 0 aromatic carbocycles. The molecule has 2 N–H and O–H groups in total. The van der Waals surface area contributed by atoms with E-state index in [0.717, 1.165) is 19.5 Å². The van der Waals surface area contributed by atoms with E-state index in [9.17, 15) is 4.79 Å². The third kappa shape index (κ3) is 3.58. The average molecular weight is 283 g/mol. The van der Waals surface area contributed by atoms with Crippen molar-refractivity contribution in [3.63, 3.8) is 0 Å². The van der Waals surface area contributed by atoms with E-state index < -0.39 is 0 Å². The van der Waals surface area contributed by atoms with Crippen LogP contribution >= 0.6 is 11.6 Å². The molecule has 2 rings (SSSR count). The van der Waals surface area contributed by atoms with Gasteiger partial charge in [-0.1, -0.05) is 11.6 Å². The zero-order valence-electron chi connectivity index (χ0n) is 11.2. The van der Waals surface area contributed by atoms with Gasteiger partial charge in [0.05, 0.1) is 5.02 Å². The first-order valence-corrected chi connectivity index (χ1v) is 6.79. The summed E-state index contributed by atoms with van der Waals surface area (Å²) in [6.07, 6.45) is 1.12. The molecule has 1 saturated heterocycles. The van der Waals surface area contributed by atoms with Crippen LogP contribution in [0.15, 0.2) is 12.1 Å². The van der Waals surface area contributed by atoms with Crippen molar-refractivity contribution in [2.75, 3.05) is 39.0 Å². The number of nitrogens with zero attached hydrogens (tertiary/aromatic N) is 2. The molecule has 1 atom stereocenters. The third-order valence-corrected chi connectivity index (χ3v) is 3.66. The molecule has 5 nitrogen and oxygen atoms in total. The highest BCUT2D eigenvalue weighted by molar-refractivity contribution is 6.33. The van der Waals surface area contributed by atoms with Crippen molar-refractivity contribution >= 4 is 23.3 Å². The topological polar surface area (TPSA) is 57.3 Å². The molecule has 0 bridgehead atoms. The van der Waals surface area contributed by atoms with Gasteiger partial charge >= 0.3 is 0 Å². The third-order valence-electron chi connectivity index (χ3n) is 3.36. The summed E-state index contributed by atoms with van der Waals surface area (Å²) in [4.78, 5) is 18.5. The van der Waals surface area contributed by atoms with Gasteiger partial charge in [-0.05, 0) is 38.1 Å². The Morgan fingerprint density at radius 3 is 3.00 bits per heavy atom. The van der Waals surface area contributed by atoms with Gasteiger partial charge in [0.2, 0.25) is 0 Å². The Labute approximate surface area is 118 Å². The normalized spacial score (nSPS) is 19.4. The summed E-state index contributed by atoms with van der Waals surface area (Å²) in [7, 11) is 3.85. The van der Waals surface area contributed by atoms with Crippen molar-refractivity contribution in [1.29, 1.82) is 0 Å². The molecule has 1 aliphatic heterocycles. The first-order valence-electron chi connectivity index (χ1n) is 6.41. The van der Waals surface area contributed by atoms with Crippen LogP contribution in [0.3, 0.4) is 0 Å². The number of carbonyl (C=O) groups is 1.